The van der Waals surface area contributed by atoms with E-state index in [-0.39, 0.29) is 12.1 Å². The lowest BCUT2D eigenvalue weighted by atomic mass is 10.1. The average molecular weight is 283 g/mol. The molecule has 104 valence electrons. The molecular weight excluding hydrogens is 264 g/mol. The molecule has 0 radical (unpaired) electrons. The number of carbonyl (C=O) groups is 1. The Labute approximate surface area is 118 Å². The number of urea groups is 1. The summed E-state index contributed by atoms with van der Waals surface area (Å²) in [7, 11) is 1.83. The van der Waals surface area contributed by atoms with Crippen molar-refractivity contribution in [1.29, 1.82) is 0 Å². The molecule has 1 saturated heterocycles. The Morgan fingerprint density at radius 1 is 1.32 bits per heavy atom. The Balaban J connectivity index is 2.03. The molecule has 5 heteroatoms. The Kier molecular flexibility index (Phi) is 4.66. The average Bonchev–Trinajstić information content (AvgIpc) is 2.46. The van der Waals surface area contributed by atoms with Crippen LogP contribution in [0.1, 0.15) is 18.5 Å². The largest absolute Gasteiger partial charge is 0.378 e. The highest BCUT2D eigenvalue weighted by Gasteiger charge is 2.24. The molecule has 1 atom stereocenters. The van der Waals surface area contributed by atoms with Crippen molar-refractivity contribution in [2.24, 2.45) is 0 Å². The maximum atomic E-state index is 12.4. The summed E-state index contributed by atoms with van der Waals surface area (Å²) in [6.45, 7) is 4.58. The van der Waals surface area contributed by atoms with E-state index in [9.17, 15) is 4.79 Å². The van der Waals surface area contributed by atoms with Crippen LogP contribution in [0.25, 0.3) is 0 Å². The Morgan fingerprint density at radius 3 is 2.47 bits per heavy atom. The molecule has 4 nitrogen and oxygen atoms in total. The SMILES string of the molecule is CC(c1ccc(Cl)cc1)N(C)C(=O)N1CCOCC1. The molecule has 1 unspecified atom stereocenters. The summed E-state index contributed by atoms with van der Waals surface area (Å²) in [5, 5.41) is 0.707. The summed E-state index contributed by atoms with van der Waals surface area (Å²) in [5.74, 6) is 0. The fraction of sp³-hybridized carbons (Fsp3) is 0.500. The van der Waals surface area contributed by atoms with Gasteiger partial charge in [-0.05, 0) is 24.6 Å². The van der Waals surface area contributed by atoms with Crippen LogP contribution in [0, 0.1) is 0 Å². The number of hydrogen-bond acceptors (Lipinski definition) is 2. The van der Waals surface area contributed by atoms with Crippen molar-refractivity contribution in [2.75, 3.05) is 33.4 Å². The van der Waals surface area contributed by atoms with Gasteiger partial charge in [0.05, 0.1) is 19.3 Å². The van der Waals surface area contributed by atoms with E-state index in [4.69, 9.17) is 16.3 Å². The molecule has 1 aromatic carbocycles. The number of amides is 2. The number of ether oxygens (including phenoxy) is 1. The zero-order chi connectivity index (χ0) is 13.8. The number of hydrogen-bond donors (Lipinski definition) is 0. The minimum atomic E-state index is 0.0209. The fourth-order valence-corrected chi connectivity index (χ4v) is 2.23. The van der Waals surface area contributed by atoms with Crippen LogP contribution in [-0.2, 0) is 4.74 Å². The van der Waals surface area contributed by atoms with Crippen LogP contribution < -0.4 is 0 Å². The van der Waals surface area contributed by atoms with Gasteiger partial charge in [0.25, 0.3) is 0 Å². The van der Waals surface area contributed by atoms with E-state index in [1.54, 1.807) is 4.90 Å². The fourth-order valence-electron chi connectivity index (χ4n) is 2.11. The molecule has 1 aliphatic heterocycles. The second kappa shape index (κ2) is 6.26. The highest BCUT2D eigenvalue weighted by Crippen LogP contribution is 2.22. The lowest BCUT2D eigenvalue weighted by Gasteiger charge is -2.34. The number of morpholine rings is 1. The highest BCUT2D eigenvalue weighted by molar-refractivity contribution is 6.30. The summed E-state index contributed by atoms with van der Waals surface area (Å²) in [6, 6.07) is 7.67. The van der Waals surface area contributed by atoms with Gasteiger partial charge in [-0.15, -0.1) is 0 Å². The first-order valence-corrected chi connectivity index (χ1v) is 6.82. The van der Waals surface area contributed by atoms with Crippen LogP contribution in [0.2, 0.25) is 5.02 Å². The molecule has 2 amide bonds. The van der Waals surface area contributed by atoms with Gasteiger partial charge in [-0.3, -0.25) is 0 Å². The van der Waals surface area contributed by atoms with Crippen molar-refractivity contribution in [3.63, 3.8) is 0 Å². The molecule has 1 aliphatic rings. The summed E-state index contributed by atoms with van der Waals surface area (Å²) in [5.41, 5.74) is 1.08. The molecule has 0 aliphatic carbocycles. The molecule has 0 spiro atoms. The molecule has 0 aromatic heterocycles. The van der Waals surface area contributed by atoms with Crippen LogP contribution in [0.15, 0.2) is 24.3 Å². The zero-order valence-electron chi connectivity index (χ0n) is 11.3. The van der Waals surface area contributed by atoms with Crippen LogP contribution in [-0.4, -0.2) is 49.2 Å². The molecular formula is C14H19ClN2O2. The molecule has 0 N–H and O–H groups in total. The maximum Gasteiger partial charge on any atom is 0.320 e. The third-order valence-electron chi connectivity index (χ3n) is 3.52. The number of rotatable bonds is 2. The van der Waals surface area contributed by atoms with Gasteiger partial charge in [0.1, 0.15) is 0 Å². The molecule has 2 rings (SSSR count). The zero-order valence-corrected chi connectivity index (χ0v) is 12.1. The second-order valence-corrected chi connectivity index (χ2v) is 5.16. The van der Waals surface area contributed by atoms with Crippen molar-refractivity contribution < 1.29 is 9.53 Å². The predicted molar refractivity (Wildman–Crippen MR) is 75.4 cm³/mol. The van der Waals surface area contributed by atoms with Crippen LogP contribution in [0.3, 0.4) is 0 Å². The summed E-state index contributed by atoms with van der Waals surface area (Å²) >= 11 is 5.88. The molecule has 19 heavy (non-hydrogen) atoms. The van der Waals surface area contributed by atoms with Gasteiger partial charge < -0.3 is 14.5 Å². The minimum Gasteiger partial charge on any atom is -0.378 e. The van der Waals surface area contributed by atoms with Crippen molar-refractivity contribution >= 4 is 17.6 Å². The van der Waals surface area contributed by atoms with Gasteiger partial charge in [0, 0.05) is 25.2 Å². The third-order valence-corrected chi connectivity index (χ3v) is 3.77. The third kappa shape index (κ3) is 3.39. The maximum absolute atomic E-state index is 12.4. The van der Waals surface area contributed by atoms with Crippen molar-refractivity contribution in [3.8, 4) is 0 Å². The van der Waals surface area contributed by atoms with Gasteiger partial charge >= 0.3 is 6.03 Å². The van der Waals surface area contributed by atoms with Gasteiger partial charge in [-0.1, -0.05) is 23.7 Å². The van der Waals surface area contributed by atoms with E-state index in [0.29, 0.717) is 31.3 Å². The van der Waals surface area contributed by atoms with E-state index in [1.807, 2.05) is 43.1 Å². The number of carbonyl (C=O) groups excluding carboxylic acids is 1. The van der Waals surface area contributed by atoms with Crippen LogP contribution in [0.4, 0.5) is 4.79 Å². The second-order valence-electron chi connectivity index (χ2n) is 4.72. The van der Waals surface area contributed by atoms with E-state index in [1.165, 1.54) is 0 Å². The van der Waals surface area contributed by atoms with Gasteiger partial charge in [-0.25, -0.2) is 4.79 Å². The van der Waals surface area contributed by atoms with Gasteiger partial charge in [0.2, 0.25) is 0 Å². The Bertz CT molecular complexity index is 430. The first kappa shape index (κ1) is 14.2. The van der Waals surface area contributed by atoms with Crippen molar-refractivity contribution in [2.45, 2.75) is 13.0 Å². The van der Waals surface area contributed by atoms with Crippen molar-refractivity contribution in [1.82, 2.24) is 9.80 Å². The first-order valence-electron chi connectivity index (χ1n) is 6.44. The molecule has 1 heterocycles. The monoisotopic (exact) mass is 282 g/mol. The lowest BCUT2D eigenvalue weighted by molar-refractivity contribution is 0.0426. The smallest absolute Gasteiger partial charge is 0.320 e. The topological polar surface area (TPSA) is 32.8 Å². The molecule has 0 bridgehead atoms. The standard InChI is InChI=1S/C14H19ClN2O2/c1-11(12-3-5-13(15)6-4-12)16(2)14(18)17-7-9-19-10-8-17/h3-6,11H,7-10H2,1-2H3. The minimum absolute atomic E-state index is 0.0209. The van der Waals surface area contributed by atoms with E-state index < -0.39 is 0 Å². The van der Waals surface area contributed by atoms with Gasteiger partial charge in [-0.2, -0.15) is 0 Å². The number of nitrogens with zero attached hydrogens (tertiary/aromatic N) is 2. The summed E-state index contributed by atoms with van der Waals surface area (Å²) in [6.07, 6.45) is 0. The van der Waals surface area contributed by atoms with E-state index >= 15 is 0 Å². The van der Waals surface area contributed by atoms with Crippen molar-refractivity contribution in [3.05, 3.63) is 34.9 Å². The normalized spacial score (nSPS) is 17.1. The number of benzene rings is 1. The lowest BCUT2D eigenvalue weighted by Crippen LogP contribution is -2.47. The van der Waals surface area contributed by atoms with Crippen LogP contribution >= 0.6 is 11.6 Å². The first-order chi connectivity index (χ1) is 9.09. The quantitative estimate of drug-likeness (QED) is 0.836. The molecule has 0 saturated carbocycles. The Morgan fingerprint density at radius 2 is 1.89 bits per heavy atom. The van der Waals surface area contributed by atoms with Crippen LogP contribution in [0.5, 0.6) is 0 Å². The molecule has 1 aromatic rings. The molecule has 1 fully saturated rings. The number of halogens is 1. The van der Waals surface area contributed by atoms with E-state index in [2.05, 4.69) is 0 Å². The van der Waals surface area contributed by atoms with E-state index in [0.717, 1.165) is 5.56 Å². The Hall–Kier alpha value is -1.26. The summed E-state index contributed by atoms with van der Waals surface area (Å²) in [4.78, 5) is 15.9. The van der Waals surface area contributed by atoms with Gasteiger partial charge in [0.15, 0.2) is 0 Å². The predicted octanol–water partition coefficient (Wildman–Crippen LogP) is 2.79. The summed E-state index contributed by atoms with van der Waals surface area (Å²) < 4.78 is 5.26. The highest BCUT2D eigenvalue weighted by atomic mass is 35.5.